The predicted octanol–water partition coefficient (Wildman–Crippen LogP) is 2.77. The van der Waals surface area contributed by atoms with E-state index in [9.17, 15) is 9.59 Å². The van der Waals surface area contributed by atoms with Crippen molar-refractivity contribution in [3.63, 3.8) is 0 Å². The van der Waals surface area contributed by atoms with Crippen molar-refractivity contribution in [1.29, 1.82) is 0 Å². The van der Waals surface area contributed by atoms with Gasteiger partial charge in [0.15, 0.2) is 0 Å². The van der Waals surface area contributed by atoms with Crippen molar-refractivity contribution in [3.8, 4) is 0 Å². The number of allylic oxidation sites excluding steroid dienone is 2. The SMILES string of the molecule is CN(C)c1ccc(N2C(=O)[C@H]3CC=C(Cl)C[C@@H]3C2=O)cc1. The van der Waals surface area contributed by atoms with Crippen LogP contribution in [-0.4, -0.2) is 25.9 Å². The molecule has 2 atom stereocenters. The minimum Gasteiger partial charge on any atom is -0.378 e. The van der Waals surface area contributed by atoms with Gasteiger partial charge in [-0.15, -0.1) is 0 Å². The number of rotatable bonds is 2. The number of halogens is 1. The number of benzene rings is 1. The summed E-state index contributed by atoms with van der Waals surface area (Å²) in [6, 6.07) is 7.45. The number of anilines is 2. The lowest BCUT2D eigenvalue weighted by Gasteiger charge is -2.17. The van der Waals surface area contributed by atoms with Crippen molar-refractivity contribution in [3.05, 3.63) is 35.4 Å². The zero-order valence-corrected chi connectivity index (χ0v) is 12.8. The Morgan fingerprint density at radius 2 is 1.71 bits per heavy atom. The van der Waals surface area contributed by atoms with E-state index in [1.807, 2.05) is 49.3 Å². The van der Waals surface area contributed by atoms with Crippen LogP contribution in [0.2, 0.25) is 0 Å². The molecule has 2 amide bonds. The molecule has 1 aliphatic heterocycles. The van der Waals surface area contributed by atoms with Crippen LogP contribution in [0, 0.1) is 11.8 Å². The van der Waals surface area contributed by atoms with Gasteiger partial charge in [0.2, 0.25) is 11.8 Å². The molecule has 1 aromatic carbocycles. The van der Waals surface area contributed by atoms with Crippen molar-refractivity contribution < 1.29 is 9.59 Å². The molecule has 0 spiro atoms. The molecule has 4 nitrogen and oxygen atoms in total. The van der Waals surface area contributed by atoms with Crippen LogP contribution in [0.5, 0.6) is 0 Å². The number of carbonyl (C=O) groups excluding carboxylic acids is 2. The van der Waals surface area contributed by atoms with Gasteiger partial charge in [0.05, 0.1) is 17.5 Å². The van der Waals surface area contributed by atoms with Crippen LogP contribution in [0.1, 0.15) is 12.8 Å². The maximum absolute atomic E-state index is 12.5. The molecule has 3 rings (SSSR count). The smallest absolute Gasteiger partial charge is 0.238 e. The van der Waals surface area contributed by atoms with Gasteiger partial charge in [0.1, 0.15) is 0 Å². The van der Waals surface area contributed by atoms with Gasteiger partial charge in [0, 0.05) is 24.8 Å². The first-order valence-corrected chi connectivity index (χ1v) is 7.36. The van der Waals surface area contributed by atoms with Gasteiger partial charge < -0.3 is 4.90 Å². The summed E-state index contributed by atoms with van der Waals surface area (Å²) in [6.07, 6.45) is 2.88. The first-order chi connectivity index (χ1) is 9.99. The third kappa shape index (κ3) is 2.33. The Bertz CT molecular complexity index is 622. The summed E-state index contributed by atoms with van der Waals surface area (Å²) in [5, 5.41) is 0.683. The summed E-state index contributed by atoms with van der Waals surface area (Å²) in [5.74, 6) is -0.797. The quantitative estimate of drug-likeness (QED) is 0.789. The number of hydrogen-bond donors (Lipinski definition) is 0. The van der Waals surface area contributed by atoms with Crippen molar-refractivity contribution in [2.24, 2.45) is 11.8 Å². The molecule has 0 bridgehead atoms. The normalized spacial score (nSPS) is 24.9. The summed E-state index contributed by atoms with van der Waals surface area (Å²) in [6.45, 7) is 0. The Morgan fingerprint density at radius 3 is 2.33 bits per heavy atom. The summed E-state index contributed by atoms with van der Waals surface area (Å²) in [5.41, 5.74) is 1.67. The Kier molecular flexibility index (Phi) is 3.49. The largest absolute Gasteiger partial charge is 0.378 e. The number of imide groups is 1. The van der Waals surface area contributed by atoms with E-state index >= 15 is 0 Å². The maximum Gasteiger partial charge on any atom is 0.238 e. The molecule has 1 heterocycles. The second kappa shape index (κ2) is 5.19. The van der Waals surface area contributed by atoms with Crippen molar-refractivity contribution in [2.75, 3.05) is 23.9 Å². The second-order valence-electron chi connectivity index (χ2n) is 5.73. The molecule has 110 valence electrons. The van der Waals surface area contributed by atoms with Gasteiger partial charge in [-0.3, -0.25) is 14.5 Å². The number of nitrogens with zero attached hydrogens (tertiary/aromatic N) is 2. The number of carbonyl (C=O) groups is 2. The lowest BCUT2D eigenvalue weighted by molar-refractivity contribution is -0.122. The Labute approximate surface area is 129 Å². The molecule has 1 saturated heterocycles. The highest BCUT2D eigenvalue weighted by Crippen LogP contribution is 2.40. The Balaban J connectivity index is 1.90. The summed E-state index contributed by atoms with van der Waals surface area (Å²) >= 11 is 6.02. The number of amides is 2. The van der Waals surface area contributed by atoms with E-state index in [0.717, 1.165) is 5.69 Å². The molecule has 2 aliphatic rings. The standard InChI is InChI=1S/C16H17ClN2O2/c1-18(2)11-4-6-12(7-5-11)19-15(20)13-8-3-10(17)9-14(13)16(19)21/h3-7,13-14H,8-9H2,1-2H3/t13-,14-/m0/s1. The van der Waals surface area contributed by atoms with E-state index in [0.29, 0.717) is 23.6 Å². The average Bonchev–Trinajstić information content (AvgIpc) is 2.70. The van der Waals surface area contributed by atoms with Crippen molar-refractivity contribution in [2.45, 2.75) is 12.8 Å². The Hall–Kier alpha value is -1.81. The molecule has 0 N–H and O–H groups in total. The lowest BCUT2D eigenvalue weighted by Crippen LogP contribution is -2.30. The van der Waals surface area contributed by atoms with E-state index in [1.165, 1.54) is 4.90 Å². The van der Waals surface area contributed by atoms with E-state index in [2.05, 4.69) is 0 Å². The van der Waals surface area contributed by atoms with E-state index in [4.69, 9.17) is 11.6 Å². The third-order valence-corrected chi connectivity index (χ3v) is 4.50. The molecule has 0 radical (unpaired) electrons. The number of hydrogen-bond acceptors (Lipinski definition) is 3. The van der Waals surface area contributed by atoms with E-state index < -0.39 is 0 Å². The molecule has 1 aromatic rings. The molecule has 1 aliphatic carbocycles. The van der Waals surface area contributed by atoms with Gasteiger partial charge in [0.25, 0.3) is 0 Å². The first-order valence-electron chi connectivity index (χ1n) is 6.99. The molecular formula is C16H17ClN2O2. The van der Waals surface area contributed by atoms with Crippen molar-refractivity contribution in [1.82, 2.24) is 0 Å². The highest BCUT2D eigenvalue weighted by atomic mass is 35.5. The fourth-order valence-corrected chi connectivity index (χ4v) is 3.24. The van der Waals surface area contributed by atoms with Crippen LogP contribution in [0.4, 0.5) is 11.4 Å². The molecule has 21 heavy (non-hydrogen) atoms. The Morgan fingerprint density at radius 1 is 1.10 bits per heavy atom. The van der Waals surface area contributed by atoms with Crippen LogP contribution < -0.4 is 9.80 Å². The van der Waals surface area contributed by atoms with Gasteiger partial charge in [-0.2, -0.15) is 0 Å². The molecule has 0 aromatic heterocycles. The van der Waals surface area contributed by atoms with Gasteiger partial charge in [-0.25, -0.2) is 0 Å². The first kappa shape index (κ1) is 14.1. The topological polar surface area (TPSA) is 40.6 Å². The van der Waals surface area contributed by atoms with Crippen LogP contribution in [0.25, 0.3) is 0 Å². The molecule has 5 heteroatoms. The third-order valence-electron chi connectivity index (χ3n) is 4.19. The summed E-state index contributed by atoms with van der Waals surface area (Å²) in [4.78, 5) is 28.3. The zero-order valence-electron chi connectivity index (χ0n) is 12.0. The zero-order chi connectivity index (χ0) is 15.1. The van der Waals surface area contributed by atoms with Crippen LogP contribution in [-0.2, 0) is 9.59 Å². The fraction of sp³-hybridized carbons (Fsp3) is 0.375. The van der Waals surface area contributed by atoms with E-state index in [-0.39, 0.29) is 23.7 Å². The van der Waals surface area contributed by atoms with Crippen molar-refractivity contribution >= 4 is 34.8 Å². The maximum atomic E-state index is 12.5. The average molecular weight is 305 g/mol. The lowest BCUT2D eigenvalue weighted by atomic mass is 9.85. The van der Waals surface area contributed by atoms with Gasteiger partial charge in [-0.05, 0) is 37.1 Å². The fourth-order valence-electron chi connectivity index (χ4n) is 2.98. The summed E-state index contributed by atoms with van der Waals surface area (Å²) < 4.78 is 0. The molecule has 0 unspecified atom stereocenters. The minimum atomic E-state index is -0.302. The second-order valence-corrected chi connectivity index (χ2v) is 6.21. The van der Waals surface area contributed by atoms with E-state index in [1.54, 1.807) is 0 Å². The number of fused-ring (bicyclic) bond motifs is 1. The van der Waals surface area contributed by atoms with Crippen LogP contribution >= 0.6 is 11.6 Å². The van der Waals surface area contributed by atoms with Crippen LogP contribution in [0.15, 0.2) is 35.4 Å². The van der Waals surface area contributed by atoms with Crippen LogP contribution in [0.3, 0.4) is 0 Å². The van der Waals surface area contributed by atoms with Gasteiger partial charge in [-0.1, -0.05) is 17.7 Å². The predicted molar refractivity (Wildman–Crippen MR) is 83.4 cm³/mol. The summed E-state index contributed by atoms with van der Waals surface area (Å²) in [7, 11) is 3.90. The minimum absolute atomic E-state index is 0.108. The highest BCUT2D eigenvalue weighted by Gasteiger charge is 2.48. The monoisotopic (exact) mass is 304 g/mol. The molecular weight excluding hydrogens is 288 g/mol. The van der Waals surface area contributed by atoms with Gasteiger partial charge >= 0.3 is 0 Å². The highest BCUT2D eigenvalue weighted by molar-refractivity contribution is 6.30. The molecule has 1 fully saturated rings. The molecule has 0 saturated carbocycles.